The number of ether oxygens (including phenoxy) is 1. The summed E-state index contributed by atoms with van der Waals surface area (Å²) in [7, 11) is 1.25. The average Bonchev–Trinajstić information content (AvgIpc) is 2.47. The molecule has 20 heavy (non-hydrogen) atoms. The number of aryl methyl sites for hydroxylation is 1. The van der Waals surface area contributed by atoms with Crippen molar-refractivity contribution < 1.29 is 13.9 Å². The van der Waals surface area contributed by atoms with Crippen LogP contribution in [0.25, 0.3) is 0 Å². The van der Waals surface area contributed by atoms with Crippen LogP contribution < -0.4 is 4.90 Å². The van der Waals surface area contributed by atoms with E-state index < -0.39 is 18.1 Å². The lowest BCUT2D eigenvalue weighted by atomic mass is 9.95. The summed E-state index contributed by atoms with van der Waals surface area (Å²) >= 11 is 0. The fourth-order valence-electron chi connectivity index (χ4n) is 2.20. The van der Waals surface area contributed by atoms with E-state index >= 15 is 0 Å². The molecule has 0 amide bonds. The van der Waals surface area contributed by atoms with Crippen molar-refractivity contribution in [2.45, 2.75) is 19.5 Å². The summed E-state index contributed by atoms with van der Waals surface area (Å²) < 4.78 is 18.6. The van der Waals surface area contributed by atoms with Gasteiger partial charge in [-0.15, -0.1) is 0 Å². The van der Waals surface area contributed by atoms with Crippen molar-refractivity contribution in [3.63, 3.8) is 0 Å². The van der Waals surface area contributed by atoms with E-state index in [9.17, 15) is 9.18 Å². The third-order valence-electron chi connectivity index (χ3n) is 3.39. The molecule has 0 bridgehead atoms. The summed E-state index contributed by atoms with van der Waals surface area (Å²) in [6.07, 6.45) is 0.555. The summed E-state index contributed by atoms with van der Waals surface area (Å²) in [6, 6.07) is 1.98. The van der Waals surface area contributed by atoms with Crippen LogP contribution in [0.15, 0.2) is 6.20 Å². The highest BCUT2D eigenvalue weighted by molar-refractivity contribution is 5.73. The number of alkyl halides is 1. The van der Waals surface area contributed by atoms with Gasteiger partial charge in [0.1, 0.15) is 17.9 Å². The molecule has 2 atom stereocenters. The highest BCUT2D eigenvalue weighted by Gasteiger charge is 2.36. The number of halogens is 1. The number of rotatable bonds is 2. The molecule has 106 valence electrons. The van der Waals surface area contributed by atoms with Gasteiger partial charge in [-0.1, -0.05) is 0 Å². The lowest BCUT2D eigenvalue weighted by molar-refractivity contribution is -0.148. The predicted octanol–water partition coefficient (Wildman–Crippen LogP) is 0.994. The number of carbonyl (C=O) groups excluding carboxylic acids is 1. The van der Waals surface area contributed by atoms with Crippen LogP contribution in [0, 0.1) is 24.2 Å². The lowest BCUT2D eigenvalue weighted by Gasteiger charge is -2.33. The predicted molar refractivity (Wildman–Crippen MR) is 68.7 cm³/mol. The van der Waals surface area contributed by atoms with Crippen LogP contribution >= 0.6 is 0 Å². The van der Waals surface area contributed by atoms with Crippen LogP contribution in [0.4, 0.5) is 10.3 Å². The van der Waals surface area contributed by atoms with Crippen molar-refractivity contribution in [1.29, 1.82) is 5.26 Å². The Labute approximate surface area is 116 Å². The molecule has 0 spiro atoms. The van der Waals surface area contributed by atoms with Gasteiger partial charge < -0.3 is 9.64 Å². The first-order valence-corrected chi connectivity index (χ1v) is 6.27. The first kappa shape index (κ1) is 14.2. The SMILES string of the molecule is COC(=O)C1CCN(c2ncc(C)c(C#N)n2)CC1F. The minimum Gasteiger partial charge on any atom is -0.469 e. The summed E-state index contributed by atoms with van der Waals surface area (Å²) in [5.74, 6) is -0.949. The van der Waals surface area contributed by atoms with Gasteiger partial charge in [-0.2, -0.15) is 5.26 Å². The second kappa shape index (κ2) is 5.82. The summed E-state index contributed by atoms with van der Waals surface area (Å²) in [6.45, 7) is 2.21. The number of methoxy groups -OCH3 is 1. The molecule has 1 fully saturated rings. The number of esters is 1. The molecule has 1 aromatic rings. The van der Waals surface area contributed by atoms with Crippen LogP contribution in [-0.4, -0.2) is 42.3 Å². The molecule has 1 aliphatic rings. The Morgan fingerprint density at radius 1 is 1.65 bits per heavy atom. The maximum atomic E-state index is 14.0. The van der Waals surface area contributed by atoms with Gasteiger partial charge in [-0.25, -0.2) is 14.4 Å². The molecule has 0 N–H and O–H groups in total. The van der Waals surface area contributed by atoms with Gasteiger partial charge in [0.25, 0.3) is 0 Å². The summed E-state index contributed by atoms with van der Waals surface area (Å²) in [5.41, 5.74) is 0.956. The summed E-state index contributed by atoms with van der Waals surface area (Å²) in [5, 5.41) is 8.95. The minimum atomic E-state index is -1.33. The third kappa shape index (κ3) is 2.69. The number of carbonyl (C=O) groups is 1. The third-order valence-corrected chi connectivity index (χ3v) is 3.39. The minimum absolute atomic E-state index is 0.0215. The van der Waals surface area contributed by atoms with Gasteiger partial charge in [0, 0.05) is 18.3 Å². The van der Waals surface area contributed by atoms with E-state index in [-0.39, 0.29) is 12.2 Å². The molecule has 7 heteroatoms. The van der Waals surface area contributed by atoms with Crippen LogP contribution in [0.3, 0.4) is 0 Å². The number of nitriles is 1. The molecule has 0 radical (unpaired) electrons. The maximum absolute atomic E-state index is 14.0. The monoisotopic (exact) mass is 278 g/mol. The zero-order valence-electron chi connectivity index (χ0n) is 11.3. The molecule has 1 aliphatic heterocycles. The van der Waals surface area contributed by atoms with Gasteiger partial charge in [-0.05, 0) is 13.3 Å². The smallest absolute Gasteiger partial charge is 0.311 e. The van der Waals surface area contributed by atoms with Crippen molar-refractivity contribution in [2.24, 2.45) is 5.92 Å². The Balaban J connectivity index is 2.13. The van der Waals surface area contributed by atoms with Crippen molar-refractivity contribution in [2.75, 3.05) is 25.1 Å². The topological polar surface area (TPSA) is 79.1 Å². The number of hydrogen-bond acceptors (Lipinski definition) is 6. The fourth-order valence-corrected chi connectivity index (χ4v) is 2.20. The number of aromatic nitrogens is 2. The average molecular weight is 278 g/mol. The summed E-state index contributed by atoms with van der Waals surface area (Å²) in [4.78, 5) is 21.3. The first-order valence-electron chi connectivity index (χ1n) is 6.27. The van der Waals surface area contributed by atoms with Crippen molar-refractivity contribution in [3.8, 4) is 6.07 Å². The maximum Gasteiger partial charge on any atom is 0.311 e. The van der Waals surface area contributed by atoms with E-state index in [1.165, 1.54) is 7.11 Å². The largest absolute Gasteiger partial charge is 0.469 e. The Morgan fingerprint density at radius 2 is 2.40 bits per heavy atom. The van der Waals surface area contributed by atoms with Crippen molar-refractivity contribution in [1.82, 2.24) is 9.97 Å². The quantitative estimate of drug-likeness (QED) is 0.751. The van der Waals surface area contributed by atoms with Gasteiger partial charge in [-0.3, -0.25) is 4.79 Å². The molecule has 6 nitrogen and oxygen atoms in total. The Bertz CT molecular complexity index is 558. The molecule has 2 unspecified atom stereocenters. The molecule has 1 aromatic heterocycles. The fraction of sp³-hybridized carbons (Fsp3) is 0.538. The van der Waals surface area contributed by atoms with Crippen LogP contribution in [-0.2, 0) is 9.53 Å². The molecule has 2 rings (SSSR count). The van der Waals surface area contributed by atoms with E-state index in [0.717, 1.165) is 0 Å². The molecule has 1 saturated heterocycles. The van der Waals surface area contributed by atoms with Crippen LogP contribution in [0.5, 0.6) is 0 Å². The van der Waals surface area contributed by atoms with Gasteiger partial charge >= 0.3 is 5.97 Å². The van der Waals surface area contributed by atoms with E-state index in [1.54, 1.807) is 18.0 Å². The zero-order chi connectivity index (χ0) is 14.7. The Hall–Kier alpha value is -2.23. The second-order valence-electron chi connectivity index (χ2n) is 4.69. The van der Waals surface area contributed by atoms with E-state index in [4.69, 9.17) is 5.26 Å². The molecule has 0 aromatic carbocycles. The Kier molecular flexibility index (Phi) is 4.13. The zero-order valence-corrected chi connectivity index (χ0v) is 11.3. The number of piperidine rings is 1. The molecule has 0 aliphatic carbocycles. The number of hydrogen-bond donors (Lipinski definition) is 0. The Morgan fingerprint density at radius 3 is 3.00 bits per heavy atom. The normalized spacial score (nSPS) is 22.2. The van der Waals surface area contributed by atoms with Crippen LogP contribution in [0.2, 0.25) is 0 Å². The lowest BCUT2D eigenvalue weighted by Crippen LogP contribution is -2.45. The van der Waals surface area contributed by atoms with Gasteiger partial charge in [0.2, 0.25) is 5.95 Å². The standard InChI is InChI=1S/C13H15FN4O2/c1-8-6-16-13(17-11(8)5-15)18-4-3-9(10(14)7-18)12(19)20-2/h6,9-10H,3-4,7H2,1-2H3. The van der Waals surface area contributed by atoms with E-state index in [1.807, 2.05) is 6.07 Å². The second-order valence-corrected chi connectivity index (χ2v) is 4.69. The molecular weight excluding hydrogens is 263 g/mol. The van der Waals surface area contributed by atoms with Crippen LogP contribution in [0.1, 0.15) is 17.7 Å². The highest BCUT2D eigenvalue weighted by Crippen LogP contribution is 2.24. The first-order chi connectivity index (χ1) is 9.56. The molecule has 0 saturated carbocycles. The van der Waals surface area contributed by atoms with Crippen molar-refractivity contribution in [3.05, 3.63) is 17.5 Å². The van der Waals surface area contributed by atoms with Gasteiger partial charge in [0.15, 0.2) is 0 Å². The number of anilines is 1. The van der Waals surface area contributed by atoms with Crippen molar-refractivity contribution >= 4 is 11.9 Å². The molecule has 2 heterocycles. The highest BCUT2D eigenvalue weighted by atomic mass is 19.1. The van der Waals surface area contributed by atoms with E-state index in [0.29, 0.717) is 24.5 Å². The van der Waals surface area contributed by atoms with Gasteiger partial charge in [0.05, 0.1) is 19.6 Å². The number of nitrogens with zero attached hydrogens (tertiary/aromatic N) is 4. The van der Waals surface area contributed by atoms with E-state index in [2.05, 4.69) is 14.7 Å². The molecular formula is C13H15FN4O2.